The molecule has 2 heterocycles. The molecule has 1 amide bonds. The normalized spacial score (nSPS) is 13.0. The van der Waals surface area contributed by atoms with Crippen molar-refractivity contribution < 1.29 is 22.7 Å². The van der Waals surface area contributed by atoms with Crippen molar-refractivity contribution in [1.82, 2.24) is 19.6 Å². The average Bonchev–Trinajstić information content (AvgIpc) is 2.92. The van der Waals surface area contributed by atoms with E-state index in [0.29, 0.717) is 18.7 Å². The number of amides is 1. The number of anilines is 1. The summed E-state index contributed by atoms with van der Waals surface area (Å²) >= 11 is 0. The smallest absolute Gasteiger partial charge is 0.368 e. The number of ether oxygens (including phenoxy) is 1. The van der Waals surface area contributed by atoms with Crippen LogP contribution >= 0.6 is 0 Å². The first kappa shape index (κ1) is 17.9. The number of aromatic nitrogens is 4. The Kier molecular flexibility index (Phi) is 5.17. The molecule has 1 unspecified atom stereocenters. The fourth-order valence-electron chi connectivity index (χ4n) is 1.83. The Hall–Kier alpha value is -2.49. The Balaban J connectivity index is 2.18. The first-order chi connectivity index (χ1) is 11.2. The van der Waals surface area contributed by atoms with Gasteiger partial charge in [0.25, 0.3) is 17.5 Å². The predicted molar refractivity (Wildman–Crippen MR) is 79.4 cm³/mol. The standard InChI is InChI=1S/C14H16F3N5O2/c1-4-5-6-24-9(3)11(23)18-10-7-8(2)22-13(19-10)20-12(21-22)14(15,16)17/h4,7,9H,1,5-6H2,2-3H3,(H,18,19,20,21,23). The van der Waals surface area contributed by atoms with Gasteiger partial charge in [-0.3, -0.25) is 4.79 Å². The minimum atomic E-state index is -4.67. The highest BCUT2D eigenvalue weighted by Crippen LogP contribution is 2.26. The van der Waals surface area contributed by atoms with E-state index >= 15 is 0 Å². The highest BCUT2D eigenvalue weighted by atomic mass is 19.4. The van der Waals surface area contributed by atoms with Crippen LogP contribution in [-0.2, 0) is 15.7 Å². The number of halogens is 3. The third-order valence-corrected chi connectivity index (χ3v) is 3.05. The summed E-state index contributed by atoms with van der Waals surface area (Å²) in [6.07, 6.45) is -3.16. The third-order valence-electron chi connectivity index (χ3n) is 3.05. The van der Waals surface area contributed by atoms with Gasteiger partial charge in [-0.25, -0.2) is 4.52 Å². The SMILES string of the molecule is C=CCCOC(C)C(=O)Nc1cc(C)n2nc(C(F)(F)F)nc2n1. The van der Waals surface area contributed by atoms with E-state index in [1.807, 2.05) is 0 Å². The lowest BCUT2D eigenvalue weighted by Gasteiger charge is -2.12. The lowest BCUT2D eigenvalue weighted by Crippen LogP contribution is -2.28. The van der Waals surface area contributed by atoms with Gasteiger partial charge in [-0.1, -0.05) is 6.08 Å². The fourth-order valence-corrected chi connectivity index (χ4v) is 1.83. The Morgan fingerprint density at radius 2 is 2.21 bits per heavy atom. The van der Waals surface area contributed by atoms with Gasteiger partial charge in [-0.2, -0.15) is 23.1 Å². The molecule has 0 radical (unpaired) electrons. The zero-order chi connectivity index (χ0) is 17.9. The van der Waals surface area contributed by atoms with Gasteiger partial charge < -0.3 is 10.1 Å². The number of rotatable bonds is 6. The number of nitrogens with zero attached hydrogens (tertiary/aromatic N) is 4. The third kappa shape index (κ3) is 4.07. The molecule has 1 atom stereocenters. The quantitative estimate of drug-likeness (QED) is 0.643. The molecule has 0 spiro atoms. The summed E-state index contributed by atoms with van der Waals surface area (Å²) in [5.41, 5.74) is 0.346. The van der Waals surface area contributed by atoms with E-state index in [1.165, 1.54) is 13.0 Å². The van der Waals surface area contributed by atoms with Gasteiger partial charge in [0.1, 0.15) is 11.9 Å². The molecule has 2 rings (SSSR count). The molecular weight excluding hydrogens is 327 g/mol. The largest absolute Gasteiger partial charge is 0.453 e. The fraction of sp³-hybridized carbons (Fsp3) is 0.429. The van der Waals surface area contributed by atoms with Crippen LogP contribution < -0.4 is 5.32 Å². The van der Waals surface area contributed by atoms with Gasteiger partial charge in [0.2, 0.25) is 0 Å². The van der Waals surface area contributed by atoms with Crippen molar-refractivity contribution in [2.45, 2.75) is 32.5 Å². The maximum Gasteiger partial charge on any atom is 0.453 e. The number of hydrogen-bond donors (Lipinski definition) is 1. The Labute approximate surface area is 135 Å². The van der Waals surface area contributed by atoms with E-state index in [0.717, 1.165) is 4.52 Å². The first-order valence-corrected chi connectivity index (χ1v) is 7.07. The highest BCUT2D eigenvalue weighted by Gasteiger charge is 2.36. The second-order valence-electron chi connectivity index (χ2n) is 5.01. The maximum absolute atomic E-state index is 12.7. The van der Waals surface area contributed by atoms with Gasteiger partial charge >= 0.3 is 6.18 Å². The Bertz CT molecular complexity index is 757. The van der Waals surface area contributed by atoms with Gasteiger partial charge in [0.05, 0.1) is 6.61 Å². The van der Waals surface area contributed by atoms with Crippen molar-refractivity contribution in [2.24, 2.45) is 0 Å². The number of carbonyl (C=O) groups excluding carboxylic acids is 1. The second-order valence-corrected chi connectivity index (χ2v) is 5.01. The number of aryl methyl sites for hydroxylation is 1. The number of nitrogens with one attached hydrogen (secondary N) is 1. The Morgan fingerprint density at radius 3 is 2.83 bits per heavy atom. The molecule has 0 aliphatic carbocycles. The van der Waals surface area contributed by atoms with Gasteiger partial charge in [0, 0.05) is 11.8 Å². The molecule has 2 aromatic rings. The van der Waals surface area contributed by atoms with Crippen LogP contribution in [0.1, 0.15) is 24.9 Å². The van der Waals surface area contributed by atoms with Gasteiger partial charge in [-0.15, -0.1) is 11.7 Å². The van der Waals surface area contributed by atoms with E-state index in [4.69, 9.17) is 4.74 Å². The van der Waals surface area contributed by atoms with Crippen molar-refractivity contribution in [2.75, 3.05) is 11.9 Å². The molecule has 130 valence electrons. The van der Waals surface area contributed by atoms with Crippen molar-refractivity contribution in [3.8, 4) is 0 Å². The Morgan fingerprint density at radius 1 is 1.50 bits per heavy atom. The molecule has 24 heavy (non-hydrogen) atoms. The zero-order valence-corrected chi connectivity index (χ0v) is 13.1. The summed E-state index contributed by atoms with van der Waals surface area (Å²) in [5.74, 6) is -1.93. The van der Waals surface area contributed by atoms with E-state index in [-0.39, 0.29) is 11.6 Å². The lowest BCUT2D eigenvalue weighted by molar-refractivity contribution is -0.144. The van der Waals surface area contributed by atoms with Crippen LogP contribution in [0.15, 0.2) is 18.7 Å². The maximum atomic E-state index is 12.7. The topological polar surface area (TPSA) is 81.4 Å². The van der Waals surface area contributed by atoms with Gasteiger partial charge in [0.15, 0.2) is 0 Å². The summed E-state index contributed by atoms with van der Waals surface area (Å²) in [6, 6.07) is 1.40. The van der Waals surface area contributed by atoms with Crippen LogP contribution in [0.5, 0.6) is 0 Å². The minimum absolute atomic E-state index is 0.0743. The predicted octanol–water partition coefficient (Wildman–Crippen LogP) is 2.37. The molecule has 0 bridgehead atoms. The summed E-state index contributed by atoms with van der Waals surface area (Å²) in [4.78, 5) is 19.2. The van der Waals surface area contributed by atoms with Crippen molar-refractivity contribution in [1.29, 1.82) is 0 Å². The molecule has 0 aliphatic rings. The van der Waals surface area contributed by atoms with Gasteiger partial charge in [-0.05, 0) is 20.3 Å². The summed E-state index contributed by atoms with van der Waals surface area (Å²) < 4.78 is 44.2. The van der Waals surface area contributed by atoms with E-state index in [2.05, 4.69) is 27.0 Å². The lowest BCUT2D eigenvalue weighted by atomic mass is 10.3. The van der Waals surface area contributed by atoms with E-state index in [9.17, 15) is 18.0 Å². The average molecular weight is 343 g/mol. The molecule has 2 aromatic heterocycles. The van der Waals surface area contributed by atoms with Crippen LogP contribution in [0.4, 0.5) is 19.0 Å². The first-order valence-electron chi connectivity index (χ1n) is 7.07. The summed E-state index contributed by atoms with van der Waals surface area (Å²) in [5, 5.41) is 5.85. The number of alkyl halides is 3. The van der Waals surface area contributed by atoms with E-state index < -0.39 is 24.0 Å². The van der Waals surface area contributed by atoms with Crippen LogP contribution in [0.2, 0.25) is 0 Å². The molecule has 0 fully saturated rings. The van der Waals surface area contributed by atoms with E-state index in [1.54, 1.807) is 13.0 Å². The molecular formula is C14H16F3N5O2. The second kappa shape index (κ2) is 6.95. The highest BCUT2D eigenvalue weighted by molar-refractivity contribution is 5.93. The monoisotopic (exact) mass is 343 g/mol. The summed E-state index contributed by atoms with van der Waals surface area (Å²) in [6.45, 7) is 6.97. The van der Waals surface area contributed by atoms with Crippen molar-refractivity contribution in [3.05, 3.63) is 30.2 Å². The zero-order valence-electron chi connectivity index (χ0n) is 13.1. The molecule has 0 aliphatic heterocycles. The van der Waals surface area contributed by atoms with Crippen LogP contribution in [0, 0.1) is 6.92 Å². The molecule has 0 saturated carbocycles. The van der Waals surface area contributed by atoms with Crippen molar-refractivity contribution in [3.63, 3.8) is 0 Å². The summed E-state index contributed by atoms with van der Waals surface area (Å²) in [7, 11) is 0. The molecule has 1 N–H and O–H groups in total. The molecule has 7 nitrogen and oxygen atoms in total. The van der Waals surface area contributed by atoms with Crippen LogP contribution in [-0.4, -0.2) is 38.2 Å². The number of hydrogen-bond acceptors (Lipinski definition) is 5. The number of carbonyl (C=O) groups is 1. The molecule has 10 heteroatoms. The molecule has 0 aromatic carbocycles. The number of fused-ring (bicyclic) bond motifs is 1. The molecule has 0 saturated heterocycles. The van der Waals surface area contributed by atoms with Crippen molar-refractivity contribution >= 4 is 17.5 Å². The van der Waals surface area contributed by atoms with Crippen LogP contribution in [0.25, 0.3) is 5.78 Å². The van der Waals surface area contributed by atoms with Crippen LogP contribution in [0.3, 0.4) is 0 Å². The minimum Gasteiger partial charge on any atom is -0.368 e.